The van der Waals surface area contributed by atoms with E-state index < -0.39 is 22.4 Å². The normalized spacial score (nSPS) is 15.0. The summed E-state index contributed by atoms with van der Waals surface area (Å²) in [7, 11) is 0. The van der Waals surface area contributed by atoms with E-state index in [0.29, 0.717) is 44.0 Å². The lowest BCUT2D eigenvalue weighted by atomic mass is 9.95. The number of nitrogens with one attached hydrogen (secondary N) is 1. The summed E-state index contributed by atoms with van der Waals surface area (Å²) in [6.45, 7) is 0.888. The lowest BCUT2D eigenvalue weighted by molar-refractivity contribution is -0.384. The number of alkyl halides is 3. The van der Waals surface area contributed by atoms with Crippen LogP contribution in [0, 0.1) is 21.8 Å². The molecule has 0 radical (unpaired) electrons. The van der Waals surface area contributed by atoms with E-state index in [1.807, 2.05) is 0 Å². The number of hydrogen-bond donors (Lipinski definition) is 1. The molecular weight excluding hydrogens is 418 g/mol. The smallest absolute Gasteiger partial charge is 0.366 e. The molecule has 0 aliphatic carbocycles. The SMILES string of the molecule is O=C(NCCc1ccccc1F)C1CCN(c2ccc(C(F)(F)F)cc2[N+](=O)[O-])CC1. The minimum Gasteiger partial charge on any atom is -0.366 e. The molecule has 0 bridgehead atoms. The molecule has 166 valence electrons. The number of nitro groups is 1. The Morgan fingerprint density at radius 1 is 1.16 bits per heavy atom. The van der Waals surface area contributed by atoms with E-state index in [-0.39, 0.29) is 29.9 Å². The topological polar surface area (TPSA) is 75.5 Å². The molecule has 0 saturated carbocycles. The quantitative estimate of drug-likeness (QED) is 0.413. The summed E-state index contributed by atoms with van der Waals surface area (Å²) in [5.74, 6) is -0.827. The van der Waals surface area contributed by atoms with Crippen molar-refractivity contribution in [2.75, 3.05) is 24.5 Å². The van der Waals surface area contributed by atoms with Crippen LogP contribution in [0.1, 0.15) is 24.0 Å². The Hall–Kier alpha value is -3.17. The van der Waals surface area contributed by atoms with E-state index in [9.17, 15) is 32.5 Å². The van der Waals surface area contributed by atoms with Crippen LogP contribution in [-0.2, 0) is 17.4 Å². The number of amides is 1. The summed E-state index contributed by atoms with van der Waals surface area (Å²) in [5.41, 5.74) is -1.07. The van der Waals surface area contributed by atoms with E-state index in [4.69, 9.17) is 0 Å². The van der Waals surface area contributed by atoms with Crippen LogP contribution in [0.3, 0.4) is 0 Å². The first kappa shape index (κ1) is 22.5. The van der Waals surface area contributed by atoms with Crippen molar-refractivity contribution in [2.24, 2.45) is 5.92 Å². The predicted octanol–water partition coefficient (Wildman–Crippen LogP) is 4.33. The van der Waals surface area contributed by atoms with Gasteiger partial charge in [0.2, 0.25) is 5.91 Å². The first-order valence-corrected chi connectivity index (χ1v) is 9.78. The van der Waals surface area contributed by atoms with Gasteiger partial charge in [0.25, 0.3) is 5.69 Å². The van der Waals surface area contributed by atoms with Gasteiger partial charge in [0, 0.05) is 31.6 Å². The molecule has 0 unspecified atom stereocenters. The summed E-state index contributed by atoms with van der Waals surface area (Å²) in [6, 6.07) is 8.78. The molecule has 2 aromatic rings. The van der Waals surface area contributed by atoms with Gasteiger partial charge in [0.05, 0.1) is 10.5 Å². The molecule has 3 rings (SSSR count). The largest absolute Gasteiger partial charge is 0.416 e. The number of anilines is 1. The molecule has 2 aromatic carbocycles. The number of carbonyl (C=O) groups is 1. The number of nitrogens with zero attached hydrogens (tertiary/aromatic N) is 2. The van der Waals surface area contributed by atoms with Gasteiger partial charge in [-0.3, -0.25) is 14.9 Å². The maximum absolute atomic E-state index is 13.6. The second-order valence-electron chi connectivity index (χ2n) is 7.35. The minimum atomic E-state index is -4.67. The molecule has 1 N–H and O–H groups in total. The van der Waals surface area contributed by atoms with Crippen molar-refractivity contribution in [1.29, 1.82) is 0 Å². The van der Waals surface area contributed by atoms with Crippen LogP contribution < -0.4 is 10.2 Å². The maximum atomic E-state index is 13.6. The van der Waals surface area contributed by atoms with Crippen LogP contribution in [0.2, 0.25) is 0 Å². The van der Waals surface area contributed by atoms with E-state index in [0.717, 1.165) is 12.1 Å². The summed E-state index contributed by atoms with van der Waals surface area (Å²) in [6.07, 6.45) is -3.50. The second-order valence-corrected chi connectivity index (χ2v) is 7.35. The van der Waals surface area contributed by atoms with Gasteiger partial charge in [-0.15, -0.1) is 0 Å². The molecule has 1 aliphatic rings. The van der Waals surface area contributed by atoms with Crippen molar-refractivity contribution in [3.05, 3.63) is 69.5 Å². The van der Waals surface area contributed by atoms with Crippen LogP contribution >= 0.6 is 0 Å². The molecular formula is C21H21F4N3O3. The van der Waals surface area contributed by atoms with Gasteiger partial charge in [-0.25, -0.2) is 4.39 Å². The van der Waals surface area contributed by atoms with Crippen molar-refractivity contribution in [3.8, 4) is 0 Å². The highest BCUT2D eigenvalue weighted by Crippen LogP contribution is 2.37. The van der Waals surface area contributed by atoms with Crippen LogP contribution in [0.4, 0.5) is 28.9 Å². The molecule has 0 aromatic heterocycles. The Kier molecular flexibility index (Phi) is 6.77. The predicted molar refractivity (Wildman–Crippen MR) is 106 cm³/mol. The third-order valence-corrected chi connectivity index (χ3v) is 5.36. The van der Waals surface area contributed by atoms with Gasteiger partial charge in [0.15, 0.2) is 0 Å². The maximum Gasteiger partial charge on any atom is 0.416 e. The number of rotatable bonds is 6. The Morgan fingerprint density at radius 2 is 1.84 bits per heavy atom. The van der Waals surface area contributed by atoms with E-state index >= 15 is 0 Å². The van der Waals surface area contributed by atoms with E-state index in [2.05, 4.69) is 5.32 Å². The number of halogens is 4. The lowest BCUT2D eigenvalue weighted by Crippen LogP contribution is -2.41. The van der Waals surface area contributed by atoms with Gasteiger partial charge in [-0.05, 0) is 43.0 Å². The van der Waals surface area contributed by atoms with Crippen molar-refractivity contribution in [3.63, 3.8) is 0 Å². The van der Waals surface area contributed by atoms with Crippen LogP contribution in [0.25, 0.3) is 0 Å². The molecule has 0 atom stereocenters. The lowest BCUT2D eigenvalue weighted by Gasteiger charge is -2.32. The standard InChI is InChI=1S/C21H21F4N3O3/c22-17-4-2-1-3-14(17)7-10-26-20(29)15-8-11-27(12-9-15)18-6-5-16(21(23,24)25)13-19(18)28(30)31/h1-6,13,15H,7-12H2,(H,26,29). The molecule has 1 amide bonds. The van der Waals surface area contributed by atoms with Crippen molar-refractivity contribution < 1.29 is 27.3 Å². The van der Waals surface area contributed by atoms with Gasteiger partial charge in [-0.1, -0.05) is 18.2 Å². The second kappa shape index (κ2) is 9.32. The highest BCUT2D eigenvalue weighted by Gasteiger charge is 2.34. The Morgan fingerprint density at radius 3 is 2.45 bits per heavy atom. The molecule has 6 nitrogen and oxygen atoms in total. The molecule has 1 fully saturated rings. The third-order valence-electron chi connectivity index (χ3n) is 5.36. The van der Waals surface area contributed by atoms with Gasteiger partial charge in [0.1, 0.15) is 11.5 Å². The van der Waals surface area contributed by atoms with Gasteiger partial charge in [-0.2, -0.15) is 13.2 Å². The fourth-order valence-electron chi connectivity index (χ4n) is 3.66. The average molecular weight is 439 g/mol. The Labute approximate surface area is 176 Å². The van der Waals surface area contributed by atoms with Crippen LogP contribution in [0.5, 0.6) is 0 Å². The number of piperidine rings is 1. The van der Waals surface area contributed by atoms with Crippen LogP contribution in [0.15, 0.2) is 42.5 Å². The zero-order valence-electron chi connectivity index (χ0n) is 16.5. The Balaban J connectivity index is 1.57. The van der Waals surface area contributed by atoms with Gasteiger partial charge < -0.3 is 10.2 Å². The van der Waals surface area contributed by atoms with E-state index in [1.54, 1.807) is 23.1 Å². The highest BCUT2D eigenvalue weighted by molar-refractivity contribution is 5.79. The fraction of sp³-hybridized carbons (Fsp3) is 0.381. The third kappa shape index (κ3) is 5.50. The molecule has 1 aliphatic heterocycles. The highest BCUT2D eigenvalue weighted by atomic mass is 19.4. The molecule has 1 heterocycles. The first-order chi connectivity index (χ1) is 14.7. The van der Waals surface area contributed by atoms with Crippen molar-refractivity contribution in [2.45, 2.75) is 25.4 Å². The fourth-order valence-corrected chi connectivity index (χ4v) is 3.66. The summed E-state index contributed by atoms with van der Waals surface area (Å²) < 4.78 is 52.3. The average Bonchev–Trinajstić information content (AvgIpc) is 2.74. The molecule has 1 saturated heterocycles. The molecule has 10 heteroatoms. The summed E-state index contributed by atoms with van der Waals surface area (Å²) in [5, 5.41) is 14.1. The number of carbonyl (C=O) groups excluding carboxylic acids is 1. The minimum absolute atomic E-state index is 0.108. The molecule has 0 spiro atoms. The van der Waals surface area contributed by atoms with Crippen molar-refractivity contribution in [1.82, 2.24) is 5.32 Å². The Bertz CT molecular complexity index is 957. The number of nitro benzene ring substituents is 1. The van der Waals surface area contributed by atoms with Gasteiger partial charge >= 0.3 is 6.18 Å². The molecule has 31 heavy (non-hydrogen) atoms. The van der Waals surface area contributed by atoms with E-state index in [1.165, 1.54) is 6.07 Å². The first-order valence-electron chi connectivity index (χ1n) is 9.78. The monoisotopic (exact) mass is 439 g/mol. The number of hydrogen-bond acceptors (Lipinski definition) is 4. The number of benzene rings is 2. The van der Waals surface area contributed by atoms with Crippen molar-refractivity contribution >= 4 is 17.3 Å². The zero-order chi connectivity index (χ0) is 22.6. The summed E-state index contributed by atoms with van der Waals surface area (Å²) >= 11 is 0. The summed E-state index contributed by atoms with van der Waals surface area (Å²) in [4.78, 5) is 24.5. The zero-order valence-corrected chi connectivity index (χ0v) is 16.5. The van der Waals surface area contributed by atoms with Crippen LogP contribution in [-0.4, -0.2) is 30.5 Å².